The summed E-state index contributed by atoms with van der Waals surface area (Å²) in [5.74, 6) is -0.522. The van der Waals surface area contributed by atoms with Gasteiger partial charge < -0.3 is 28.5 Å². The van der Waals surface area contributed by atoms with Crippen LogP contribution in [0.1, 0.15) is 342 Å². The molecule has 0 saturated carbocycles. The number of phosphoric acid groups is 1. The second-order valence-corrected chi connectivity index (χ2v) is 25.4. The highest BCUT2D eigenvalue weighted by molar-refractivity contribution is 7.45. The summed E-state index contributed by atoms with van der Waals surface area (Å²) in [6.07, 6.45) is 64.9. The fourth-order valence-electron chi connectivity index (χ4n) is 10.1. The molecule has 0 aromatic carbocycles. The van der Waals surface area contributed by atoms with Crippen molar-refractivity contribution in [1.29, 1.82) is 0 Å². The van der Waals surface area contributed by atoms with E-state index in [1.165, 1.54) is 250 Å². The maximum absolute atomic E-state index is 13.5. The first-order valence-corrected chi connectivity index (χ1v) is 34.5. The van der Waals surface area contributed by atoms with Crippen LogP contribution >= 0.6 is 7.82 Å². The number of hydrogen-bond acceptors (Lipinski definition) is 7. The van der Waals surface area contributed by atoms with Gasteiger partial charge >= 0.3 is 5.97 Å². The van der Waals surface area contributed by atoms with Crippen molar-refractivity contribution in [3.63, 3.8) is 0 Å². The van der Waals surface area contributed by atoms with Gasteiger partial charge in [0.25, 0.3) is 7.82 Å². The molecule has 0 saturated heterocycles. The van der Waals surface area contributed by atoms with Crippen molar-refractivity contribution in [2.24, 2.45) is 0 Å². The highest BCUT2D eigenvalue weighted by Crippen LogP contribution is 2.38. The zero-order valence-electron chi connectivity index (χ0n) is 51.0. The molecule has 0 aliphatic rings. The molecule has 1 amide bonds. The van der Waals surface area contributed by atoms with E-state index in [0.717, 1.165) is 57.8 Å². The SMILES string of the molecule is CCCCCCCCCCC/C=C\C(OC(=O)CCCCCCCCCCCCCCCCCCCCCCCCCCCCC)C(COP(=O)([O-])OCC[N+](C)(C)C)NC(=O)CCCCCCCCCCCCC. The molecule has 0 bridgehead atoms. The van der Waals surface area contributed by atoms with Crippen molar-refractivity contribution in [3.8, 4) is 0 Å². The molecule has 0 rings (SSSR count). The number of phosphoric ester groups is 1. The topological polar surface area (TPSA) is 114 Å². The second-order valence-electron chi connectivity index (χ2n) is 24.0. The molecule has 446 valence electrons. The monoisotopic (exact) mass is 1080 g/mol. The van der Waals surface area contributed by atoms with E-state index in [2.05, 4.69) is 26.1 Å². The number of nitrogens with zero attached hydrogens (tertiary/aromatic N) is 1. The van der Waals surface area contributed by atoms with E-state index in [1.807, 2.05) is 33.3 Å². The Hall–Kier alpha value is -1.25. The summed E-state index contributed by atoms with van der Waals surface area (Å²) in [5.41, 5.74) is 0. The van der Waals surface area contributed by atoms with Gasteiger partial charge in [-0.05, 0) is 31.8 Å². The predicted molar refractivity (Wildman–Crippen MR) is 321 cm³/mol. The highest BCUT2D eigenvalue weighted by Gasteiger charge is 2.27. The van der Waals surface area contributed by atoms with Gasteiger partial charge in [0, 0.05) is 12.8 Å². The van der Waals surface area contributed by atoms with E-state index < -0.39 is 20.0 Å². The highest BCUT2D eigenvalue weighted by atomic mass is 31.2. The molecule has 0 aromatic rings. The first kappa shape index (κ1) is 73.8. The van der Waals surface area contributed by atoms with Crippen LogP contribution in [0, 0.1) is 0 Å². The van der Waals surface area contributed by atoms with Gasteiger partial charge in [0.1, 0.15) is 19.3 Å². The van der Waals surface area contributed by atoms with Crippen LogP contribution in [0.4, 0.5) is 0 Å². The standard InChI is InChI=1S/C65H129N2O7P/c1-7-10-13-16-19-22-25-26-27-28-29-30-31-32-33-34-35-36-37-38-39-40-43-46-49-52-55-58-65(69)74-63(56-53-50-47-44-41-23-20-17-14-11-8-2)62(61-73-75(70,71)72-60-59-67(4,5)6)66-64(68)57-54-51-48-45-42-24-21-18-15-12-9-3/h53,56,62-63H,7-52,54-55,57-61H2,1-6H3,(H-,66,68,70,71)/b56-53-. The van der Waals surface area contributed by atoms with Crippen molar-refractivity contribution in [3.05, 3.63) is 12.2 Å². The molecular weight excluding hydrogens is 952 g/mol. The number of likely N-dealkylation sites (N-methyl/N-ethyl adjacent to an activating group) is 1. The Morgan fingerprint density at radius 3 is 1.09 bits per heavy atom. The quantitative estimate of drug-likeness (QED) is 0.0212. The molecule has 0 aliphatic carbocycles. The molecular formula is C65H129N2O7P. The molecule has 1 N–H and O–H groups in total. The largest absolute Gasteiger partial charge is 0.756 e. The van der Waals surface area contributed by atoms with Crippen molar-refractivity contribution in [1.82, 2.24) is 5.32 Å². The van der Waals surface area contributed by atoms with Crippen LogP contribution in [0.2, 0.25) is 0 Å². The minimum atomic E-state index is -4.69. The zero-order valence-corrected chi connectivity index (χ0v) is 51.9. The third-order valence-electron chi connectivity index (χ3n) is 15.2. The van der Waals surface area contributed by atoms with E-state index in [0.29, 0.717) is 17.4 Å². The molecule has 3 atom stereocenters. The molecule has 0 aliphatic heterocycles. The van der Waals surface area contributed by atoms with Crippen LogP contribution in [-0.4, -0.2) is 69.4 Å². The van der Waals surface area contributed by atoms with Crippen LogP contribution in [0.15, 0.2) is 12.2 Å². The van der Waals surface area contributed by atoms with E-state index >= 15 is 0 Å². The molecule has 0 radical (unpaired) electrons. The van der Waals surface area contributed by atoms with Crippen molar-refractivity contribution >= 4 is 19.7 Å². The van der Waals surface area contributed by atoms with E-state index in [4.69, 9.17) is 13.8 Å². The molecule has 10 heteroatoms. The molecule has 9 nitrogen and oxygen atoms in total. The minimum absolute atomic E-state index is 0.0170. The third kappa shape index (κ3) is 57.3. The number of hydrogen-bond donors (Lipinski definition) is 1. The van der Waals surface area contributed by atoms with Gasteiger partial charge in [0.15, 0.2) is 0 Å². The number of carbonyl (C=O) groups is 2. The number of amides is 1. The lowest BCUT2D eigenvalue weighted by atomic mass is 10.0. The Bertz CT molecular complexity index is 1290. The van der Waals surface area contributed by atoms with Gasteiger partial charge in [-0.15, -0.1) is 0 Å². The molecule has 0 fully saturated rings. The summed E-state index contributed by atoms with van der Waals surface area (Å²) in [7, 11) is 1.21. The van der Waals surface area contributed by atoms with Crippen LogP contribution < -0.4 is 10.2 Å². The summed E-state index contributed by atoms with van der Waals surface area (Å²) in [6.45, 7) is 6.88. The van der Waals surface area contributed by atoms with Gasteiger partial charge in [-0.1, -0.05) is 309 Å². The zero-order chi connectivity index (χ0) is 55.0. The van der Waals surface area contributed by atoms with Gasteiger partial charge in [-0.25, -0.2) is 0 Å². The first-order chi connectivity index (χ1) is 36.4. The maximum Gasteiger partial charge on any atom is 0.306 e. The Morgan fingerprint density at radius 2 is 0.760 bits per heavy atom. The third-order valence-corrected chi connectivity index (χ3v) is 16.2. The maximum atomic E-state index is 13.5. The number of carbonyl (C=O) groups excluding carboxylic acids is 2. The number of quaternary nitrogens is 1. The van der Waals surface area contributed by atoms with E-state index in [-0.39, 0.29) is 31.5 Å². The summed E-state index contributed by atoms with van der Waals surface area (Å²) in [5, 5.41) is 3.03. The lowest BCUT2D eigenvalue weighted by Gasteiger charge is -2.30. The molecule has 75 heavy (non-hydrogen) atoms. The lowest BCUT2D eigenvalue weighted by molar-refractivity contribution is -0.870. The molecule has 3 unspecified atom stereocenters. The average Bonchev–Trinajstić information content (AvgIpc) is 3.37. The van der Waals surface area contributed by atoms with Crippen molar-refractivity contribution in [2.45, 2.75) is 354 Å². The normalized spacial score (nSPS) is 13.6. The minimum Gasteiger partial charge on any atom is -0.756 e. The summed E-state index contributed by atoms with van der Waals surface area (Å²) in [4.78, 5) is 39.9. The van der Waals surface area contributed by atoms with Gasteiger partial charge in [0.05, 0.1) is 33.8 Å². The van der Waals surface area contributed by atoms with Crippen LogP contribution in [0.25, 0.3) is 0 Å². The molecule has 0 heterocycles. The van der Waals surface area contributed by atoms with Crippen molar-refractivity contribution < 1.29 is 37.3 Å². The van der Waals surface area contributed by atoms with Crippen LogP contribution in [0.5, 0.6) is 0 Å². The van der Waals surface area contributed by atoms with Crippen molar-refractivity contribution in [2.75, 3.05) is 40.9 Å². The van der Waals surface area contributed by atoms with Crippen LogP contribution in [0.3, 0.4) is 0 Å². The van der Waals surface area contributed by atoms with Gasteiger partial charge in [-0.3, -0.25) is 14.2 Å². The Kier molecular flexibility index (Phi) is 55.1. The fraction of sp³-hybridized carbons (Fsp3) is 0.938. The van der Waals surface area contributed by atoms with Crippen LogP contribution in [-0.2, 0) is 27.9 Å². The summed E-state index contributed by atoms with van der Waals surface area (Å²) in [6, 6.07) is -0.878. The number of esters is 1. The fourth-order valence-corrected chi connectivity index (χ4v) is 10.8. The van der Waals surface area contributed by atoms with E-state index in [9.17, 15) is 19.0 Å². The Morgan fingerprint density at radius 1 is 0.453 bits per heavy atom. The Labute approximate surface area is 467 Å². The number of allylic oxidation sites excluding steroid dienone is 1. The molecule has 0 aromatic heterocycles. The predicted octanol–water partition coefficient (Wildman–Crippen LogP) is 19.7. The van der Waals surface area contributed by atoms with Gasteiger partial charge in [-0.2, -0.15) is 0 Å². The average molecular weight is 1080 g/mol. The lowest BCUT2D eigenvalue weighted by Crippen LogP contribution is -2.47. The number of nitrogens with one attached hydrogen (secondary N) is 1. The number of unbranched alkanes of at least 4 members (excludes halogenated alkanes) is 45. The first-order valence-electron chi connectivity index (χ1n) is 33.0. The van der Waals surface area contributed by atoms with E-state index in [1.54, 1.807) is 0 Å². The smallest absolute Gasteiger partial charge is 0.306 e. The second kappa shape index (κ2) is 56.0. The van der Waals surface area contributed by atoms with Gasteiger partial charge in [0.2, 0.25) is 5.91 Å². The summed E-state index contributed by atoms with van der Waals surface area (Å²) >= 11 is 0. The number of ether oxygens (including phenoxy) is 1. The molecule has 0 spiro atoms. The summed E-state index contributed by atoms with van der Waals surface area (Å²) < 4.78 is 30.3. The number of rotatable bonds is 61. The Balaban J connectivity index is 4.87.